The Labute approximate surface area is 107 Å². The minimum absolute atomic E-state index is 0.0651. The Hall–Kier alpha value is -1.61. The number of nitrogens with zero attached hydrogens (tertiary/aromatic N) is 1. The summed E-state index contributed by atoms with van der Waals surface area (Å²) in [5.41, 5.74) is 2.04. The second-order valence-corrected chi connectivity index (χ2v) is 5.65. The standard InChI is InChI=1S/C15H18N2O/c1-15(2)13(9-14(15)18)17-12-7-3-6-11-10(12)5-4-8-16-11/h3-8,13-14,17-18H,9H2,1-2H3. The molecule has 1 aliphatic rings. The smallest absolute Gasteiger partial charge is 0.0722 e. The molecular formula is C15H18N2O. The number of fused-ring (bicyclic) bond motifs is 1. The lowest BCUT2D eigenvalue weighted by Gasteiger charge is -2.50. The molecule has 0 saturated heterocycles. The summed E-state index contributed by atoms with van der Waals surface area (Å²) in [6, 6.07) is 10.4. The minimum Gasteiger partial charge on any atom is -0.392 e. The molecule has 1 aromatic heterocycles. The molecule has 0 bridgehead atoms. The number of rotatable bonds is 2. The highest BCUT2D eigenvalue weighted by molar-refractivity contribution is 5.91. The average Bonchev–Trinajstić information content (AvgIpc) is 2.39. The Balaban J connectivity index is 1.92. The van der Waals surface area contributed by atoms with Crippen molar-refractivity contribution >= 4 is 16.6 Å². The third-order valence-corrected chi connectivity index (χ3v) is 4.19. The second kappa shape index (κ2) is 3.95. The van der Waals surface area contributed by atoms with Gasteiger partial charge in [0.1, 0.15) is 0 Å². The van der Waals surface area contributed by atoms with Gasteiger partial charge in [-0.1, -0.05) is 19.9 Å². The Morgan fingerprint density at radius 2 is 2.11 bits per heavy atom. The van der Waals surface area contributed by atoms with E-state index in [1.807, 2.05) is 24.4 Å². The molecule has 0 spiro atoms. The summed E-state index contributed by atoms with van der Waals surface area (Å²) < 4.78 is 0. The molecular weight excluding hydrogens is 224 g/mol. The highest BCUT2D eigenvalue weighted by Gasteiger charge is 2.47. The van der Waals surface area contributed by atoms with E-state index in [0.717, 1.165) is 23.0 Å². The number of hydrogen-bond donors (Lipinski definition) is 2. The first-order valence-corrected chi connectivity index (χ1v) is 6.37. The average molecular weight is 242 g/mol. The van der Waals surface area contributed by atoms with Gasteiger partial charge in [0.15, 0.2) is 0 Å². The minimum atomic E-state index is -0.205. The number of aliphatic hydroxyl groups is 1. The fraction of sp³-hybridized carbons (Fsp3) is 0.400. The molecule has 1 aliphatic carbocycles. The lowest BCUT2D eigenvalue weighted by Crippen LogP contribution is -2.56. The van der Waals surface area contributed by atoms with E-state index in [1.54, 1.807) is 0 Å². The summed E-state index contributed by atoms with van der Waals surface area (Å²) in [4.78, 5) is 4.35. The van der Waals surface area contributed by atoms with E-state index < -0.39 is 0 Å². The number of hydrogen-bond acceptors (Lipinski definition) is 3. The molecule has 3 heteroatoms. The van der Waals surface area contributed by atoms with Gasteiger partial charge in [0.05, 0.1) is 11.6 Å². The molecule has 2 atom stereocenters. The van der Waals surface area contributed by atoms with Crippen molar-refractivity contribution in [2.24, 2.45) is 5.41 Å². The molecule has 18 heavy (non-hydrogen) atoms. The van der Waals surface area contributed by atoms with Crippen LogP contribution in [0.2, 0.25) is 0 Å². The first-order valence-electron chi connectivity index (χ1n) is 6.37. The molecule has 2 N–H and O–H groups in total. The van der Waals surface area contributed by atoms with Gasteiger partial charge < -0.3 is 10.4 Å². The predicted molar refractivity (Wildman–Crippen MR) is 73.6 cm³/mol. The number of benzene rings is 1. The van der Waals surface area contributed by atoms with Crippen LogP contribution in [0.25, 0.3) is 10.9 Å². The molecule has 1 heterocycles. The zero-order valence-electron chi connectivity index (χ0n) is 10.7. The fourth-order valence-electron chi connectivity index (χ4n) is 2.56. The van der Waals surface area contributed by atoms with Gasteiger partial charge in [-0.3, -0.25) is 4.98 Å². The number of aromatic nitrogens is 1. The van der Waals surface area contributed by atoms with Crippen LogP contribution in [0.1, 0.15) is 20.3 Å². The second-order valence-electron chi connectivity index (χ2n) is 5.65. The molecule has 1 saturated carbocycles. The topological polar surface area (TPSA) is 45.1 Å². The molecule has 0 amide bonds. The largest absolute Gasteiger partial charge is 0.392 e. The Morgan fingerprint density at radius 1 is 1.28 bits per heavy atom. The maximum Gasteiger partial charge on any atom is 0.0722 e. The molecule has 1 aromatic carbocycles. The molecule has 94 valence electrons. The summed E-state index contributed by atoms with van der Waals surface area (Å²) in [6.07, 6.45) is 2.41. The Morgan fingerprint density at radius 3 is 2.83 bits per heavy atom. The maximum atomic E-state index is 9.79. The summed E-state index contributed by atoms with van der Waals surface area (Å²) in [5.74, 6) is 0. The van der Waals surface area contributed by atoms with Crippen molar-refractivity contribution in [3.05, 3.63) is 36.5 Å². The molecule has 0 aliphatic heterocycles. The maximum absolute atomic E-state index is 9.79. The molecule has 2 unspecified atom stereocenters. The number of anilines is 1. The van der Waals surface area contributed by atoms with Crippen LogP contribution in [-0.2, 0) is 0 Å². The third kappa shape index (κ3) is 1.66. The molecule has 3 nitrogen and oxygen atoms in total. The predicted octanol–water partition coefficient (Wildman–Crippen LogP) is 2.81. The lowest BCUT2D eigenvalue weighted by atomic mass is 9.64. The lowest BCUT2D eigenvalue weighted by molar-refractivity contribution is -0.0510. The van der Waals surface area contributed by atoms with Gasteiger partial charge in [-0.15, -0.1) is 0 Å². The number of aliphatic hydroxyl groups excluding tert-OH is 1. The van der Waals surface area contributed by atoms with Crippen molar-refractivity contribution in [1.29, 1.82) is 0 Å². The summed E-state index contributed by atoms with van der Waals surface area (Å²) in [5, 5.41) is 14.5. The van der Waals surface area contributed by atoms with Crippen molar-refractivity contribution < 1.29 is 5.11 Å². The molecule has 1 fully saturated rings. The van der Waals surface area contributed by atoms with Crippen LogP contribution >= 0.6 is 0 Å². The van der Waals surface area contributed by atoms with Crippen LogP contribution in [0.4, 0.5) is 5.69 Å². The monoisotopic (exact) mass is 242 g/mol. The van der Waals surface area contributed by atoms with Gasteiger partial charge in [0, 0.05) is 28.7 Å². The van der Waals surface area contributed by atoms with Crippen LogP contribution in [0, 0.1) is 5.41 Å². The first kappa shape index (κ1) is 11.5. The quantitative estimate of drug-likeness (QED) is 0.851. The van der Waals surface area contributed by atoms with Gasteiger partial charge in [-0.2, -0.15) is 0 Å². The fourth-order valence-corrected chi connectivity index (χ4v) is 2.56. The van der Waals surface area contributed by atoms with E-state index >= 15 is 0 Å². The third-order valence-electron chi connectivity index (χ3n) is 4.19. The van der Waals surface area contributed by atoms with Crippen molar-refractivity contribution in [1.82, 2.24) is 4.98 Å². The van der Waals surface area contributed by atoms with Gasteiger partial charge in [0.2, 0.25) is 0 Å². The Kier molecular flexibility index (Phi) is 2.52. The van der Waals surface area contributed by atoms with Gasteiger partial charge in [-0.05, 0) is 30.7 Å². The van der Waals surface area contributed by atoms with E-state index in [4.69, 9.17) is 0 Å². The Bertz CT molecular complexity index is 574. The van der Waals surface area contributed by atoms with E-state index in [0.29, 0.717) is 6.04 Å². The first-order chi connectivity index (χ1) is 8.59. The van der Waals surface area contributed by atoms with Crippen molar-refractivity contribution in [2.75, 3.05) is 5.32 Å². The highest BCUT2D eigenvalue weighted by atomic mass is 16.3. The van der Waals surface area contributed by atoms with Crippen LogP contribution < -0.4 is 5.32 Å². The van der Waals surface area contributed by atoms with Gasteiger partial charge in [0.25, 0.3) is 0 Å². The van der Waals surface area contributed by atoms with Crippen LogP contribution in [0.3, 0.4) is 0 Å². The van der Waals surface area contributed by atoms with Crippen molar-refractivity contribution in [3.8, 4) is 0 Å². The zero-order chi connectivity index (χ0) is 12.8. The SMILES string of the molecule is CC1(C)C(O)CC1Nc1cccc2ncccc12. The van der Waals surface area contributed by atoms with Gasteiger partial charge >= 0.3 is 0 Å². The van der Waals surface area contributed by atoms with Crippen LogP contribution in [-0.4, -0.2) is 22.2 Å². The van der Waals surface area contributed by atoms with Crippen LogP contribution in [0.5, 0.6) is 0 Å². The van der Waals surface area contributed by atoms with E-state index in [2.05, 4.69) is 36.3 Å². The summed E-state index contributed by atoms with van der Waals surface area (Å²) in [7, 11) is 0. The zero-order valence-corrected chi connectivity index (χ0v) is 10.7. The van der Waals surface area contributed by atoms with E-state index in [-0.39, 0.29) is 11.5 Å². The van der Waals surface area contributed by atoms with Crippen LogP contribution in [0.15, 0.2) is 36.5 Å². The highest BCUT2D eigenvalue weighted by Crippen LogP contribution is 2.42. The summed E-state index contributed by atoms with van der Waals surface area (Å²) >= 11 is 0. The molecule has 0 radical (unpaired) electrons. The molecule has 2 aromatic rings. The normalized spacial score (nSPS) is 25.7. The number of pyridine rings is 1. The van der Waals surface area contributed by atoms with E-state index in [1.165, 1.54) is 0 Å². The van der Waals surface area contributed by atoms with Crippen molar-refractivity contribution in [2.45, 2.75) is 32.4 Å². The number of nitrogens with one attached hydrogen (secondary N) is 1. The van der Waals surface area contributed by atoms with E-state index in [9.17, 15) is 5.11 Å². The van der Waals surface area contributed by atoms with Crippen molar-refractivity contribution in [3.63, 3.8) is 0 Å². The summed E-state index contributed by atoms with van der Waals surface area (Å²) in [6.45, 7) is 4.20. The molecule has 3 rings (SSSR count). The van der Waals surface area contributed by atoms with Gasteiger partial charge in [-0.25, -0.2) is 0 Å².